The summed E-state index contributed by atoms with van der Waals surface area (Å²) in [5.74, 6) is 0.556. The lowest BCUT2D eigenvalue weighted by Crippen LogP contribution is -2.11. The van der Waals surface area contributed by atoms with Gasteiger partial charge in [0, 0.05) is 25.2 Å². The zero-order valence-corrected chi connectivity index (χ0v) is 8.91. The number of fused-ring (bicyclic) bond motifs is 1. The van der Waals surface area contributed by atoms with Crippen molar-refractivity contribution in [1.82, 2.24) is 14.6 Å². The van der Waals surface area contributed by atoms with Gasteiger partial charge in [0.05, 0.1) is 6.20 Å². The molecule has 2 heterocycles. The Balaban J connectivity index is 1.86. The first-order chi connectivity index (χ1) is 8.04. The van der Waals surface area contributed by atoms with Gasteiger partial charge in [0.1, 0.15) is 5.82 Å². The second-order valence-corrected chi connectivity index (χ2v) is 3.59. The maximum absolute atomic E-state index is 11.9. The van der Waals surface area contributed by atoms with Crippen molar-refractivity contribution in [2.24, 2.45) is 0 Å². The topological polar surface area (TPSA) is 42.2 Å². The third-order valence-electron chi connectivity index (χ3n) is 2.20. The fraction of sp³-hybridized carbons (Fsp3) is 0.400. The molecule has 0 aliphatic heterocycles. The third kappa shape index (κ3) is 3.33. The summed E-state index contributed by atoms with van der Waals surface area (Å²) in [7, 11) is 0. The monoisotopic (exact) mass is 244 g/mol. The van der Waals surface area contributed by atoms with Gasteiger partial charge in [-0.15, -0.1) is 0 Å². The lowest BCUT2D eigenvalue weighted by Gasteiger charge is -2.07. The molecule has 0 amide bonds. The molecule has 2 aromatic rings. The third-order valence-corrected chi connectivity index (χ3v) is 2.20. The SMILES string of the molecule is FC(F)(F)CCCNc1ccn2nccc2n1. The number of nitrogens with one attached hydrogen (secondary N) is 1. The van der Waals surface area contributed by atoms with Gasteiger partial charge >= 0.3 is 6.18 Å². The van der Waals surface area contributed by atoms with Gasteiger partial charge in [-0.05, 0) is 12.5 Å². The highest BCUT2D eigenvalue weighted by Crippen LogP contribution is 2.21. The van der Waals surface area contributed by atoms with Crippen molar-refractivity contribution in [3.05, 3.63) is 24.5 Å². The molecule has 0 radical (unpaired) electrons. The Morgan fingerprint density at radius 3 is 2.88 bits per heavy atom. The van der Waals surface area contributed by atoms with Crippen LogP contribution in [0.5, 0.6) is 0 Å². The van der Waals surface area contributed by atoms with E-state index >= 15 is 0 Å². The Morgan fingerprint density at radius 1 is 1.29 bits per heavy atom. The number of aromatic nitrogens is 3. The molecule has 0 unspecified atom stereocenters. The molecule has 1 N–H and O–H groups in total. The molecule has 0 aromatic carbocycles. The number of alkyl halides is 3. The second kappa shape index (κ2) is 4.60. The molecule has 2 aromatic heterocycles. The summed E-state index contributed by atoms with van der Waals surface area (Å²) in [6, 6.07) is 3.40. The minimum atomic E-state index is -4.09. The van der Waals surface area contributed by atoms with Crippen LogP contribution in [0.3, 0.4) is 0 Å². The van der Waals surface area contributed by atoms with Crippen LogP contribution in [0.15, 0.2) is 24.5 Å². The van der Waals surface area contributed by atoms with E-state index in [9.17, 15) is 13.2 Å². The van der Waals surface area contributed by atoms with Gasteiger partial charge in [0.2, 0.25) is 0 Å². The van der Waals surface area contributed by atoms with E-state index < -0.39 is 12.6 Å². The molecule has 0 fully saturated rings. The quantitative estimate of drug-likeness (QED) is 0.840. The van der Waals surface area contributed by atoms with Crippen LogP contribution >= 0.6 is 0 Å². The molecule has 0 aliphatic carbocycles. The minimum absolute atomic E-state index is 0.0373. The first-order valence-corrected chi connectivity index (χ1v) is 5.16. The van der Waals surface area contributed by atoms with E-state index in [1.807, 2.05) is 0 Å². The average molecular weight is 244 g/mol. The molecule has 0 aliphatic rings. The molecule has 0 saturated carbocycles. The molecular formula is C10H11F3N4. The van der Waals surface area contributed by atoms with Crippen molar-refractivity contribution < 1.29 is 13.2 Å². The van der Waals surface area contributed by atoms with Gasteiger partial charge < -0.3 is 5.32 Å². The fourth-order valence-electron chi connectivity index (χ4n) is 1.42. The van der Waals surface area contributed by atoms with Crippen LogP contribution in [0.2, 0.25) is 0 Å². The normalized spacial score (nSPS) is 11.9. The number of halogens is 3. The molecule has 0 saturated heterocycles. The molecule has 17 heavy (non-hydrogen) atoms. The Morgan fingerprint density at radius 2 is 2.12 bits per heavy atom. The number of nitrogens with zero attached hydrogens (tertiary/aromatic N) is 3. The first-order valence-electron chi connectivity index (χ1n) is 5.16. The highest BCUT2D eigenvalue weighted by Gasteiger charge is 2.25. The summed E-state index contributed by atoms with van der Waals surface area (Å²) in [5.41, 5.74) is 0.658. The second-order valence-electron chi connectivity index (χ2n) is 3.59. The lowest BCUT2D eigenvalue weighted by molar-refractivity contribution is -0.134. The molecule has 7 heteroatoms. The van der Waals surface area contributed by atoms with Crippen molar-refractivity contribution in [1.29, 1.82) is 0 Å². The van der Waals surface area contributed by atoms with Crippen LogP contribution in [-0.2, 0) is 0 Å². The Kier molecular flexibility index (Phi) is 3.16. The Hall–Kier alpha value is -1.79. The van der Waals surface area contributed by atoms with E-state index in [4.69, 9.17) is 0 Å². The number of hydrogen-bond donors (Lipinski definition) is 1. The predicted octanol–water partition coefficient (Wildman–Crippen LogP) is 2.48. The molecule has 0 atom stereocenters. The van der Waals surface area contributed by atoms with E-state index in [2.05, 4.69) is 15.4 Å². The van der Waals surface area contributed by atoms with Gasteiger partial charge in [-0.3, -0.25) is 0 Å². The molecular weight excluding hydrogens is 233 g/mol. The highest BCUT2D eigenvalue weighted by molar-refractivity contribution is 5.45. The highest BCUT2D eigenvalue weighted by atomic mass is 19.4. The van der Waals surface area contributed by atoms with Crippen molar-refractivity contribution in [3.63, 3.8) is 0 Å². The summed E-state index contributed by atoms with van der Waals surface area (Å²) < 4.78 is 37.3. The molecule has 4 nitrogen and oxygen atoms in total. The van der Waals surface area contributed by atoms with Crippen LogP contribution in [0.25, 0.3) is 5.65 Å². The van der Waals surface area contributed by atoms with E-state index in [-0.39, 0.29) is 13.0 Å². The molecule has 2 rings (SSSR count). The number of anilines is 1. The Bertz CT molecular complexity index is 492. The van der Waals surface area contributed by atoms with Crippen LogP contribution in [-0.4, -0.2) is 27.3 Å². The van der Waals surface area contributed by atoms with Gasteiger partial charge in [0.15, 0.2) is 5.65 Å². The van der Waals surface area contributed by atoms with Gasteiger partial charge in [-0.2, -0.15) is 18.3 Å². The van der Waals surface area contributed by atoms with Gasteiger partial charge in [-0.25, -0.2) is 9.50 Å². The maximum atomic E-state index is 11.9. The predicted molar refractivity (Wildman–Crippen MR) is 56.8 cm³/mol. The van der Waals surface area contributed by atoms with Crippen molar-refractivity contribution in [3.8, 4) is 0 Å². The van der Waals surface area contributed by atoms with Crippen LogP contribution in [0.4, 0.5) is 19.0 Å². The smallest absolute Gasteiger partial charge is 0.370 e. The molecule has 92 valence electrons. The molecule has 0 spiro atoms. The summed E-state index contributed by atoms with van der Waals surface area (Å²) >= 11 is 0. The summed E-state index contributed by atoms with van der Waals surface area (Å²) in [6.07, 6.45) is -1.53. The van der Waals surface area contributed by atoms with Crippen molar-refractivity contribution in [2.45, 2.75) is 19.0 Å². The summed E-state index contributed by atoms with van der Waals surface area (Å²) in [5, 5.41) is 6.81. The summed E-state index contributed by atoms with van der Waals surface area (Å²) in [6.45, 7) is 0.247. The first kappa shape index (κ1) is 11.7. The Labute approximate surface area is 95.5 Å². The van der Waals surface area contributed by atoms with Gasteiger partial charge in [-0.1, -0.05) is 0 Å². The van der Waals surface area contributed by atoms with E-state index in [0.29, 0.717) is 11.5 Å². The van der Waals surface area contributed by atoms with Crippen molar-refractivity contribution in [2.75, 3.05) is 11.9 Å². The number of rotatable bonds is 4. The number of hydrogen-bond acceptors (Lipinski definition) is 3. The largest absolute Gasteiger partial charge is 0.389 e. The van der Waals surface area contributed by atoms with Crippen LogP contribution < -0.4 is 5.32 Å². The van der Waals surface area contributed by atoms with E-state index in [1.54, 1.807) is 29.0 Å². The molecule has 0 bridgehead atoms. The maximum Gasteiger partial charge on any atom is 0.389 e. The van der Waals surface area contributed by atoms with E-state index in [1.165, 1.54) is 0 Å². The minimum Gasteiger partial charge on any atom is -0.370 e. The zero-order valence-electron chi connectivity index (χ0n) is 8.91. The van der Waals surface area contributed by atoms with Crippen molar-refractivity contribution >= 4 is 11.5 Å². The summed E-state index contributed by atoms with van der Waals surface area (Å²) in [4.78, 5) is 4.18. The lowest BCUT2D eigenvalue weighted by atomic mass is 10.3. The van der Waals surface area contributed by atoms with Crippen LogP contribution in [0, 0.1) is 0 Å². The zero-order chi connectivity index (χ0) is 12.3. The standard InChI is InChI=1S/C10H11F3N4/c11-10(12,13)4-1-5-14-8-3-7-17-9(16-8)2-6-15-17/h2-3,6-7H,1,4-5H2,(H,14,16). The fourth-order valence-corrected chi connectivity index (χ4v) is 1.42. The van der Waals surface area contributed by atoms with Crippen LogP contribution in [0.1, 0.15) is 12.8 Å². The van der Waals surface area contributed by atoms with Gasteiger partial charge in [0.25, 0.3) is 0 Å². The van der Waals surface area contributed by atoms with E-state index in [0.717, 1.165) is 0 Å². The average Bonchev–Trinajstić information content (AvgIpc) is 2.70.